The Morgan fingerprint density at radius 1 is 1.71 bits per heavy atom. The third-order valence-corrected chi connectivity index (χ3v) is 2.71. The Labute approximate surface area is 100 Å². The molecule has 0 spiro atoms. The first-order chi connectivity index (χ1) is 7.87. The standard InChI is InChI=1S/C11H19NO5/c1-4-11(2,3)17-10(15)7(13)8-9(14)12-5-6-16-8/h7-8,13H,4-6H2,1-3H3,(H,12,14)/t7-,8-/m1/s1. The number of amides is 1. The van der Waals surface area contributed by atoms with E-state index in [1.165, 1.54) is 0 Å². The maximum absolute atomic E-state index is 11.6. The number of hydrogen-bond acceptors (Lipinski definition) is 5. The van der Waals surface area contributed by atoms with Crippen LogP contribution in [0.2, 0.25) is 0 Å². The third-order valence-electron chi connectivity index (χ3n) is 2.71. The van der Waals surface area contributed by atoms with Crippen molar-refractivity contribution in [2.75, 3.05) is 13.2 Å². The van der Waals surface area contributed by atoms with Crippen LogP contribution in [-0.4, -0.2) is 47.9 Å². The molecule has 2 N–H and O–H groups in total. The molecule has 0 radical (unpaired) electrons. The summed E-state index contributed by atoms with van der Waals surface area (Å²) in [7, 11) is 0. The van der Waals surface area contributed by atoms with Crippen molar-refractivity contribution in [3.63, 3.8) is 0 Å². The lowest BCUT2D eigenvalue weighted by molar-refractivity contribution is -0.180. The Morgan fingerprint density at radius 2 is 2.35 bits per heavy atom. The van der Waals surface area contributed by atoms with Gasteiger partial charge in [0, 0.05) is 6.54 Å². The topological polar surface area (TPSA) is 84.9 Å². The van der Waals surface area contributed by atoms with Crippen molar-refractivity contribution in [1.29, 1.82) is 0 Å². The molecule has 6 heteroatoms. The predicted molar refractivity (Wildman–Crippen MR) is 59.2 cm³/mol. The van der Waals surface area contributed by atoms with E-state index in [9.17, 15) is 14.7 Å². The Bertz CT molecular complexity index is 302. The van der Waals surface area contributed by atoms with Crippen LogP contribution in [0.4, 0.5) is 0 Å². The first-order valence-corrected chi connectivity index (χ1v) is 5.67. The summed E-state index contributed by atoms with van der Waals surface area (Å²) in [6.45, 7) is 6.00. The molecule has 0 saturated carbocycles. The van der Waals surface area contributed by atoms with E-state index in [1.807, 2.05) is 6.92 Å². The molecular formula is C11H19NO5. The highest BCUT2D eigenvalue weighted by molar-refractivity contribution is 5.89. The van der Waals surface area contributed by atoms with Crippen molar-refractivity contribution in [3.05, 3.63) is 0 Å². The van der Waals surface area contributed by atoms with Gasteiger partial charge >= 0.3 is 5.97 Å². The van der Waals surface area contributed by atoms with E-state index in [0.29, 0.717) is 13.0 Å². The molecule has 98 valence electrons. The van der Waals surface area contributed by atoms with Gasteiger partial charge in [-0.25, -0.2) is 4.79 Å². The molecule has 6 nitrogen and oxygen atoms in total. The second kappa shape index (κ2) is 5.46. The lowest BCUT2D eigenvalue weighted by atomic mass is 10.1. The summed E-state index contributed by atoms with van der Waals surface area (Å²) >= 11 is 0. The summed E-state index contributed by atoms with van der Waals surface area (Å²) in [6, 6.07) is 0. The van der Waals surface area contributed by atoms with Gasteiger partial charge in [-0.3, -0.25) is 4.79 Å². The van der Waals surface area contributed by atoms with E-state index in [-0.39, 0.29) is 6.61 Å². The number of rotatable bonds is 4. The number of aliphatic hydroxyl groups excluding tert-OH is 1. The van der Waals surface area contributed by atoms with Crippen LogP contribution in [0.3, 0.4) is 0 Å². The molecule has 2 atom stereocenters. The molecule has 1 amide bonds. The van der Waals surface area contributed by atoms with Crippen LogP contribution in [0.5, 0.6) is 0 Å². The normalized spacial score (nSPS) is 22.8. The largest absolute Gasteiger partial charge is 0.458 e. The summed E-state index contributed by atoms with van der Waals surface area (Å²) in [4.78, 5) is 23.0. The van der Waals surface area contributed by atoms with Gasteiger partial charge in [-0.1, -0.05) is 6.92 Å². The number of aliphatic hydroxyl groups is 1. The maximum atomic E-state index is 11.6. The SMILES string of the molecule is CCC(C)(C)OC(=O)[C@H](O)[C@H]1OCCNC1=O. The molecule has 0 unspecified atom stereocenters. The van der Waals surface area contributed by atoms with Crippen LogP contribution >= 0.6 is 0 Å². The zero-order valence-electron chi connectivity index (χ0n) is 10.4. The number of ether oxygens (including phenoxy) is 2. The van der Waals surface area contributed by atoms with E-state index >= 15 is 0 Å². The second-order valence-corrected chi connectivity index (χ2v) is 4.56. The predicted octanol–water partition coefficient (Wildman–Crippen LogP) is -0.406. The Hall–Kier alpha value is -1.14. The molecule has 0 aromatic carbocycles. The quantitative estimate of drug-likeness (QED) is 0.658. The van der Waals surface area contributed by atoms with Gasteiger partial charge in [-0.2, -0.15) is 0 Å². The first-order valence-electron chi connectivity index (χ1n) is 5.67. The second-order valence-electron chi connectivity index (χ2n) is 4.56. The van der Waals surface area contributed by atoms with Crippen LogP contribution < -0.4 is 5.32 Å². The Balaban J connectivity index is 2.59. The third kappa shape index (κ3) is 3.67. The lowest BCUT2D eigenvalue weighted by Gasteiger charge is -2.29. The minimum absolute atomic E-state index is 0.276. The van der Waals surface area contributed by atoms with Crippen molar-refractivity contribution in [2.45, 2.75) is 45.0 Å². The molecule has 1 aliphatic heterocycles. The Kier molecular flexibility index (Phi) is 4.47. The smallest absolute Gasteiger partial charge is 0.338 e. The summed E-state index contributed by atoms with van der Waals surface area (Å²) < 4.78 is 10.2. The number of carbonyl (C=O) groups excluding carboxylic acids is 2. The fourth-order valence-corrected chi connectivity index (χ4v) is 1.30. The van der Waals surface area contributed by atoms with Crippen molar-refractivity contribution in [3.8, 4) is 0 Å². The van der Waals surface area contributed by atoms with E-state index in [4.69, 9.17) is 9.47 Å². The summed E-state index contributed by atoms with van der Waals surface area (Å²) in [5.41, 5.74) is -0.663. The van der Waals surface area contributed by atoms with Gasteiger partial charge in [-0.05, 0) is 20.3 Å². The van der Waals surface area contributed by atoms with E-state index in [2.05, 4.69) is 5.32 Å². The number of morpholine rings is 1. The van der Waals surface area contributed by atoms with Crippen molar-refractivity contribution < 1.29 is 24.2 Å². The molecular weight excluding hydrogens is 226 g/mol. The number of nitrogens with one attached hydrogen (secondary N) is 1. The molecule has 17 heavy (non-hydrogen) atoms. The van der Waals surface area contributed by atoms with E-state index < -0.39 is 29.7 Å². The lowest BCUT2D eigenvalue weighted by Crippen LogP contribution is -2.53. The van der Waals surface area contributed by atoms with Gasteiger partial charge < -0.3 is 19.9 Å². The van der Waals surface area contributed by atoms with Gasteiger partial charge in [0.2, 0.25) is 0 Å². The molecule has 1 rings (SSSR count). The zero-order valence-corrected chi connectivity index (χ0v) is 10.4. The van der Waals surface area contributed by atoms with Gasteiger partial charge in [0.15, 0.2) is 12.2 Å². The highest BCUT2D eigenvalue weighted by Gasteiger charge is 2.37. The molecule has 1 heterocycles. The minimum atomic E-state index is -1.58. The van der Waals surface area contributed by atoms with Crippen molar-refractivity contribution in [1.82, 2.24) is 5.32 Å². The van der Waals surface area contributed by atoms with Crippen molar-refractivity contribution >= 4 is 11.9 Å². The molecule has 0 aromatic rings. The van der Waals surface area contributed by atoms with Crippen LogP contribution in [0.1, 0.15) is 27.2 Å². The summed E-state index contributed by atoms with van der Waals surface area (Å²) in [5.74, 6) is -1.33. The first kappa shape index (κ1) is 13.9. The molecule has 0 aliphatic carbocycles. The highest BCUT2D eigenvalue weighted by atomic mass is 16.6. The van der Waals surface area contributed by atoms with Gasteiger partial charge in [-0.15, -0.1) is 0 Å². The Morgan fingerprint density at radius 3 is 2.88 bits per heavy atom. The van der Waals surface area contributed by atoms with Gasteiger partial charge in [0.05, 0.1) is 6.61 Å². The van der Waals surface area contributed by atoms with Gasteiger partial charge in [0.1, 0.15) is 5.60 Å². The molecule has 1 fully saturated rings. The van der Waals surface area contributed by atoms with Gasteiger partial charge in [0.25, 0.3) is 5.91 Å². The highest BCUT2D eigenvalue weighted by Crippen LogP contribution is 2.16. The fraction of sp³-hybridized carbons (Fsp3) is 0.818. The summed E-state index contributed by atoms with van der Waals surface area (Å²) in [6.07, 6.45) is -2.14. The summed E-state index contributed by atoms with van der Waals surface area (Å²) in [5, 5.41) is 12.2. The van der Waals surface area contributed by atoms with E-state index in [1.54, 1.807) is 13.8 Å². The van der Waals surface area contributed by atoms with E-state index in [0.717, 1.165) is 0 Å². The average Bonchev–Trinajstić information content (AvgIpc) is 2.28. The van der Waals surface area contributed by atoms with Crippen LogP contribution in [0, 0.1) is 0 Å². The molecule has 0 bridgehead atoms. The maximum Gasteiger partial charge on any atom is 0.338 e. The zero-order chi connectivity index (χ0) is 13.1. The number of hydrogen-bond donors (Lipinski definition) is 2. The van der Waals surface area contributed by atoms with Crippen LogP contribution in [0.25, 0.3) is 0 Å². The molecule has 0 aromatic heterocycles. The number of carbonyl (C=O) groups is 2. The minimum Gasteiger partial charge on any atom is -0.458 e. The monoisotopic (exact) mass is 245 g/mol. The molecule has 1 saturated heterocycles. The van der Waals surface area contributed by atoms with Crippen LogP contribution in [0.15, 0.2) is 0 Å². The fourth-order valence-electron chi connectivity index (χ4n) is 1.30. The average molecular weight is 245 g/mol. The van der Waals surface area contributed by atoms with Crippen LogP contribution in [-0.2, 0) is 19.1 Å². The number of esters is 1. The molecule has 1 aliphatic rings. The van der Waals surface area contributed by atoms with Crippen molar-refractivity contribution in [2.24, 2.45) is 0 Å².